The topological polar surface area (TPSA) is 45.7 Å². The summed E-state index contributed by atoms with van der Waals surface area (Å²) in [6.07, 6.45) is 0.877. The van der Waals surface area contributed by atoms with Gasteiger partial charge in [-0.2, -0.15) is 0 Å². The Kier molecular flexibility index (Phi) is 6.80. The van der Waals surface area contributed by atoms with Crippen LogP contribution in [-0.4, -0.2) is 12.5 Å². The molecule has 0 spiro atoms. The molecule has 2 atom stereocenters. The maximum Gasteiger partial charge on any atom is 0.275 e. The third-order valence-corrected chi connectivity index (χ3v) is 5.73. The van der Waals surface area contributed by atoms with Crippen molar-refractivity contribution in [3.05, 3.63) is 93.7 Å². The van der Waals surface area contributed by atoms with E-state index in [9.17, 15) is 4.79 Å². The number of carbonyl (C=O) groups is 1. The van der Waals surface area contributed by atoms with Crippen molar-refractivity contribution < 1.29 is 10.1 Å². The van der Waals surface area contributed by atoms with Gasteiger partial charge >= 0.3 is 0 Å². The smallest absolute Gasteiger partial charge is 0.275 e. The summed E-state index contributed by atoms with van der Waals surface area (Å²) in [5.41, 5.74) is 3.61. The number of nitrogens with one attached hydrogen (secondary N) is 1. The van der Waals surface area contributed by atoms with Gasteiger partial charge in [0.25, 0.3) is 5.91 Å². The first-order valence-corrected chi connectivity index (χ1v) is 10.3. The highest BCUT2D eigenvalue weighted by atomic mass is 32.1. The fourth-order valence-electron chi connectivity index (χ4n) is 3.24. The number of hydrogen-bond acceptors (Lipinski definition) is 2. The largest absolute Gasteiger partial charge is 0.344 e. The highest BCUT2D eigenvalue weighted by Crippen LogP contribution is 2.22. The van der Waals surface area contributed by atoms with Crippen LogP contribution in [0, 0.1) is 6.92 Å². The van der Waals surface area contributed by atoms with Crippen LogP contribution in [-0.2, 0) is 4.79 Å². The minimum Gasteiger partial charge on any atom is -0.344 e. The van der Waals surface area contributed by atoms with Crippen LogP contribution >= 0.6 is 11.3 Å². The molecule has 1 heterocycles. The van der Waals surface area contributed by atoms with Crippen LogP contribution in [0.4, 0.5) is 0 Å². The van der Waals surface area contributed by atoms with Gasteiger partial charge in [0.1, 0.15) is 6.04 Å². The number of aryl methyl sites for hydroxylation is 1. The van der Waals surface area contributed by atoms with E-state index >= 15 is 0 Å². The van der Waals surface area contributed by atoms with Crippen molar-refractivity contribution in [2.45, 2.75) is 32.4 Å². The molecular weight excluding hydrogens is 352 g/mol. The van der Waals surface area contributed by atoms with E-state index in [2.05, 4.69) is 78.4 Å². The van der Waals surface area contributed by atoms with Gasteiger partial charge in [-0.25, -0.2) is 0 Å². The molecule has 0 saturated heterocycles. The van der Waals surface area contributed by atoms with Crippen molar-refractivity contribution in [2.75, 3.05) is 6.54 Å². The van der Waals surface area contributed by atoms with Crippen molar-refractivity contribution in [2.24, 2.45) is 0 Å². The number of amides is 1. The van der Waals surface area contributed by atoms with E-state index in [1.807, 2.05) is 18.2 Å². The number of nitrogens with two attached hydrogens (primary N) is 1. The van der Waals surface area contributed by atoms with Crippen LogP contribution in [0.2, 0.25) is 0 Å². The molecule has 3 rings (SSSR count). The first-order valence-electron chi connectivity index (χ1n) is 9.45. The molecule has 27 heavy (non-hydrogen) atoms. The average molecular weight is 380 g/mol. The molecule has 0 aliphatic rings. The molecule has 4 heteroatoms. The number of hydrogen-bond donors (Lipinski definition) is 2. The van der Waals surface area contributed by atoms with Crippen LogP contribution in [0.15, 0.2) is 72.1 Å². The monoisotopic (exact) mass is 379 g/mol. The summed E-state index contributed by atoms with van der Waals surface area (Å²) in [6, 6.07) is 23.2. The second kappa shape index (κ2) is 9.49. The van der Waals surface area contributed by atoms with Crippen LogP contribution in [0.5, 0.6) is 0 Å². The summed E-state index contributed by atoms with van der Waals surface area (Å²) >= 11 is 1.73. The molecule has 2 aromatic carbocycles. The molecule has 0 aliphatic carbocycles. The summed E-state index contributed by atoms with van der Waals surface area (Å²) in [7, 11) is 0. The number of thiophene rings is 1. The Labute approximate surface area is 165 Å². The number of rotatable bonds is 8. The van der Waals surface area contributed by atoms with Gasteiger partial charge in [-0.1, -0.05) is 73.2 Å². The zero-order valence-corrected chi connectivity index (χ0v) is 16.7. The Hall–Kier alpha value is -2.43. The molecule has 0 fully saturated rings. The number of quaternary nitrogens is 1. The Morgan fingerprint density at radius 2 is 1.74 bits per heavy atom. The standard InChI is InChI=1S/C23H26N2OS/c1-3-20(18-13-11-17(2)12-14-18)25-22(26)16-24-23(21-10-7-15-27-21)19-8-5-4-6-9-19/h4-15,20,23-24H,3,16H2,1-2H3,(H,25,26)/p+1/t20-,23+/m1/s1. The molecule has 140 valence electrons. The fourth-order valence-corrected chi connectivity index (χ4v) is 4.09. The van der Waals surface area contributed by atoms with Crippen molar-refractivity contribution >= 4 is 17.2 Å². The highest BCUT2D eigenvalue weighted by molar-refractivity contribution is 7.10. The molecule has 0 bridgehead atoms. The van der Waals surface area contributed by atoms with Gasteiger partial charge in [0.05, 0.1) is 10.9 Å². The molecular formula is C23H27N2OS+. The van der Waals surface area contributed by atoms with Gasteiger partial charge in [-0.05, 0) is 30.4 Å². The molecule has 3 nitrogen and oxygen atoms in total. The molecule has 1 amide bonds. The molecule has 0 saturated carbocycles. The maximum absolute atomic E-state index is 12.6. The predicted octanol–water partition coefficient (Wildman–Crippen LogP) is 3.98. The molecule has 3 N–H and O–H groups in total. The van der Waals surface area contributed by atoms with E-state index in [0.717, 1.165) is 12.0 Å². The van der Waals surface area contributed by atoms with E-state index in [1.54, 1.807) is 11.3 Å². The highest BCUT2D eigenvalue weighted by Gasteiger charge is 2.21. The SMILES string of the molecule is CC[C@@H](NC(=O)C[NH2+][C@@H](c1ccccc1)c1cccs1)c1ccc(C)cc1. The lowest BCUT2D eigenvalue weighted by molar-refractivity contribution is -0.676. The zero-order chi connectivity index (χ0) is 19.1. The first-order chi connectivity index (χ1) is 13.2. The normalized spacial score (nSPS) is 13.1. The van der Waals surface area contributed by atoms with Gasteiger partial charge < -0.3 is 10.6 Å². The maximum atomic E-state index is 12.6. The summed E-state index contributed by atoms with van der Waals surface area (Å²) in [6.45, 7) is 4.58. The van der Waals surface area contributed by atoms with Crippen LogP contribution in [0.25, 0.3) is 0 Å². The molecule has 0 aliphatic heterocycles. The summed E-state index contributed by atoms with van der Waals surface area (Å²) in [4.78, 5) is 13.9. The van der Waals surface area contributed by atoms with E-state index in [1.165, 1.54) is 16.0 Å². The lowest BCUT2D eigenvalue weighted by Gasteiger charge is -2.19. The van der Waals surface area contributed by atoms with Gasteiger partial charge in [0, 0.05) is 5.56 Å². The van der Waals surface area contributed by atoms with Gasteiger partial charge in [-0.15, -0.1) is 11.3 Å². The first kappa shape index (κ1) is 19.3. The Balaban J connectivity index is 1.64. The lowest BCUT2D eigenvalue weighted by Crippen LogP contribution is -2.87. The summed E-state index contributed by atoms with van der Waals surface area (Å²) in [5.74, 6) is 0.0694. The predicted molar refractivity (Wildman–Crippen MR) is 112 cm³/mol. The van der Waals surface area contributed by atoms with Gasteiger partial charge in [0.2, 0.25) is 0 Å². The Morgan fingerprint density at radius 3 is 2.37 bits per heavy atom. The van der Waals surface area contributed by atoms with Crippen molar-refractivity contribution in [3.63, 3.8) is 0 Å². The minimum atomic E-state index is 0.0587. The van der Waals surface area contributed by atoms with Crippen LogP contribution in [0.3, 0.4) is 0 Å². The Morgan fingerprint density at radius 1 is 1.00 bits per heavy atom. The third-order valence-electron chi connectivity index (χ3n) is 4.77. The second-order valence-corrected chi connectivity index (χ2v) is 7.76. The summed E-state index contributed by atoms with van der Waals surface area (Å²) in [5, 5.41) is 7.40. The number of carbonyl (C=O) groups excluding carboxylic acids is 1. The Bertz CT molecular complexity index is 829. The van der Waals surface area contributed by atoms with Crippen molar-refractivity contribution in [1.29, 1.82) is 0 Å². The van der Waals surface area contributed by atoms with E-state index < -0.39 is 0 Å². The van der Waals surface area contributed by atoms with Crippen LogP contribution in [0.1, 0.15) is 47.0 Å². The molecule has 3 aromatic rings. The van der Waals surface area contributed by atoms with Gasteiger partial charge in [-0.3, -0.25) is 4.79 Å². The fraction of sp³-hybridized carbons (Fsp3) is 0.261. The second-order valence-electron chi connectivity index (χ2n) is 6.78. The summed E-state index contributed by atoms with van der Waals surface area (Å²) < 4.78 is 0. The molecule has 1 aromatic heterocycles. The van der Waals surface area contributed by atoms with Crippen molar-refractivity contribution in [1.82, 2.24) is 5.32 Å². The third kappa shape index (κ3) is 5.28. The van der Waals surface area contributed by atoms with E-state index in [4.69, 9.17) is 0 Å². The average Bonchev–Trinajstić information content (AvgIpc) is 3.22. The minimum absolute atomic E-state index is 0.0587. The number of benzene rings is 2. The van der Waals surface area contributed by atoms with E-state index in [-0.39, 0.29) is 18.0 Å². The van der Waals surface area contributed by atoms with Crippen LogP contribution < -0.4 is 10.6 Å². The molecule has 0 radical (unpaired) electrons. The lowest BCUT2D eigenvalue weighted by atomic mass is 10.0. The quantitative estimate of drug-likeness (QED) is 0.611. The zero-order valence-electron chi connectivity index (χ0n) is 15.9. The molecule has 0 unspecified atom stereocenters. The van der Waals surface area contributed by atoms with Crippen molar-refractivity contribution in [3.8, 4) is 0 Å². The van der Waals surface area contributed by atoms with Gasteiger partial charge in [0.15, 0.2) is 6.54 Å². The van der Waals surface area contributed by atoms with E-state index in [0.29, 0.717) is 6.54 Å².